The van der Waals surface area contributed by atoms with Crippen LogP contribution in [0.3, 0.4) is 0 Å². The van der Waals surface area contributed by atoms with Crippen LogP contribution >= 0.6 is 0 Å². The van der Waals surface area contributed by atoms with Crippen molar-refractivity contribution >= 4 is 26.9 Å². The third kappa shape index (κ3) is 2.97. The monoisotopic (exact) mass is 376 g/mol. The SMILES string of the molecule is [CH3][Ge]([C](=O)c1ccccc1)([C](=O)c1ccccc1)[c]1ccccc1. The molecule has 0 amide bonds. The molecule has 0 bridgehead atoms. The molecule has 0 saturated carbocycles. The molecule has 2 nitrogen and oxygen atoms in total. The van der Waals surface area contributed by atoms with Crippen LogP contribution in [0.2, 0.25) is 5.76 Å². The molecule has 3 heteroatoms. The van der Waals surface area contributed by atoms with Crippen molar-refractivity contribution in [1.29, 1.82) is 0 Å². The Morgan fingerprint density at radius 3 is 1.29 bits per heavy atom. The molecule has 3 aromatic rings. The molecule has 0 heterocycles. The Hall–Kier alpha value is -2.46. The van der Waals surface area contributed by atoms with Crippen LogP contribution in [-0.2, 0) is 0 Å². The second-order valence-corrected chi connectivity index (χ2v) is 13.7. The summed E-state index contributed by atoms with van der Waals surface area (Å²) in [5.41, 5.74) is 1.24. The number of rotatable bonds is 5. The zero-order valence-electron chi connectivity index (χ0n) is 13.5. The quantitative estimate of drug-likeness (QED) is 0.636. The van der Waals surface area contributed by atoms with E-state index in [0.29, 0.717) is 11.1 Å². The Bertz CT molecular complexity index is 791. The van der Waals surface area contributed by atoms with Gasteiger partial charge in [0.15, 0.2) is 0 Å². The fourth-order valence-electron chi connectivity index (χ4n) is 2.89. The number of benzene rings is 3. The van der Waals surface area contributed by atoms with Crippen LogP contribution in [0, 0.1) is 0 Å². The van der Waals surface area contributed by atoms with Crippen LogP contribution in [0.4, 0.5) is 0 Å². The van der Waals surface area contributed by atoms with Gasteiger partial charge in [0.25, 0.3) is 0 Å². The molecule has 0 radical (unpaired) electrons. The minimum absolute atomic E-state index is 0.00402. The summed E-state index contributed by atoms with van der Waals surface area (Å²) < 4.78 is 0.881. The van der Waals surface area contributed by atoms with E-state index in [2.05, 4.69) is 0 Å². The molecule has 3 rings (SSSR count). The Balaban J connectivity index is 2.15. The van der Waals surface area contributed by atoms with Crippen LogP contribution in [0.5, 0.6) is 0 Å². The summed E-state index contributed by atoms with van der Waals surface area (Å²) in [6, 6.07) is 27.9. The van der Waals surface area contributed by atoms with Crippen molar-refractivity contribution in [2.45, 2.75) is 5.76 Å². The predicted molar refractivity (Wildman–Crippen MR) is 99.2 cm³/mol. The van der Waals surface area contributed by atoms with Crippen molar-refractivity contribution in [3.8, 4) is 0 Å². The summed E-state index contributed by atoms with van der Waals surface area (Å²) in [7, 11) is 0. The Labute approximate surface area is 144 Å². The summed E-state index contributed by atoms with van der Waals surface area (Å²) in [6.07, 6.45) is 0. The van der Waals surface area contributed by atoms with Gasteiger partial charge in [0.1, 0.15) is 0 Å². The molecule has 0 aliphatic rings. The Kier molecular flexibility index (Phi) is 4.77. The van der Waals surface area contributed by atoms with Crippen molar-refractivity contribution in [2.24, 2.45) is 0 Å². The average Bonchev–Trinajstić information content (AvgIpc) is 2.68. The molecule has 24 heavy (non-hydrogen) atoms. The molecule has 0 unspecified atom stereocenters. The second-order valence-electron chi connectivity index (χ2n) is 5.88. The van der Waals surface area contributed by atoms with Crippen LogP contribution in [0.25, 0.3) is 0 Å². The zero-order valence-corrected chi connectivity index (χ0v) is 15.6. The number of hydrogen-bond acceptors (Lipinski definition) is 2. The van der Waals surface area contributed by atoms with Gasteiger partial charge in [-0.05, 0) is 0 Å². The van der Waals surface area contributed by atoms with Gasteiger partial charge in [0.2, 0.25) is 0 Å². The van der Waals surface area contributed by atoms with Gasteiger partial charge in [0, 0.05) is 0 Å². The molecule has 0 aromatic heterocycles. The third-order valence-corrected chi connectivity index (χ3v) is 12.5. The van der Waals surface area contributed by atoms with Crippen molar-refractivity contribution in [2.75, 3.05) is 0 Å². The van der Waals surface area contributed by atoms with Gasteiger partial charge in [-0.25, -0.2) is 0 Å². The van der Waals surface area contributed by atoms with Gasteiger partial charge in [0.05, 0.1) is 0 Å². The summed E-state index contributed by atoms with van der Waals surface area (Å²) in [4.78, 5) is 26.7. The molecule has 0 spiro atoms. The van der Waals surface area contributed by atoms with E-state index in [-0.39, 0.29) is 9.23 Å². The normalized spacial score (nSPS) is 11.0. The van der Waals surface area contributed by atoms with Gasteiger partial charge in [-0.3, -0.25) is 0 Å². The van der Waals surface area contributed by atoms with Crippen LogP contribution < -0.4 is 4.40 Å². The summed E-state index contributed by atoms with van der Waals surface area (Å²) >= 11 is -3.73. The van der Waals surface area contributed by atoms with Crippen LogP contribution in [0.1, 0.15) is 20.7 Å². The van der Waals surface area contributed by atoms with E-state index >= 15 is 0 Å². The Morgan fingerprint density at radius 2 is 0.917 bits per heavy atom. The van der Waals surface area contributed by atoms with Crippen molar-refractivity contribution < 1.29 is 9.59 Å². The van der Waals surface area contributed by atoms with Crippen LogP contribution in [-0.4, -0.2) is 22.5 Å². The van der Waals surface area contributed by atoms with Gasteiger partial charge < -0.3 is 0 Å². The van der Waals surface area contributed by atoms with Gasteiger partial charge in [-0.15, -0.1) is 0 Å². The maximum absolute atomic E-state index is 13.3. The molecular weight excluding hydrogens is 357 g/mol. The van der Waals surface area contributed by atoms with E-state index in [9.17, 15) is 9.59 Å². The summed E-state index contributed by atoms with van der Waals surface area (Å²) in [6.45, 7) is 0. The molecule has 0 saturated heterocycles. The molecule has 118 valence electrons. The van der Waals surface area contributed by atoms with Gasteiger partial charge in [-0.2, -0.15) is 0 Å². The summed E-state index contributed by atoms with van der Waals surface area (Å²) in [5, 5.41) is 0. The first kappa shape index (κ1) is 16.4. The fourth-order valence-corrected chi connectivity index (χ4v) is 9.35. The van der Waals surface area contributed by atoms with Crippen LogP contribution in [0.15, 0.2) is 91.0 Å². The van der Waals surface area contributed by atoms with Gasteiger partial charge >= 0.3 is 144 Å². The van der Waals surface area contributed by atoms with E-state index in [1.807, 2.05) is 72.5 Å². The van der Waals surface area contributed by atoms with E-state index in [1.54, 1.807) is 24.3 Å². The fraction of sp³-hybridized carbons (Fsp3) is 0.0476. The average molecular weight is 375 g/mol. The van der Waals surface area contributed by atoms with Crippen molar-refractivity contribution in [3.05, 3.63) is 102 Å². The first-order valence-electron chi connectivity index (χ1n) is 7.89. The molecule has 0 fully saturated rings. The first-order chi connectivity index (χ1) is 11.6. The molecule has 3 aromatic carbocycles. The van der Waals surface area contributed by atoms with Gasteiger partial charge in [-0.1, -0.05) is 0 Å². The van der Waals surface area contributed by atoms with Crippen molar-refractivity contribution in [3.63, 3.8) is 0 Å². The Morgan fingerprint density at radius 1 is 0.583 bits per heavy atom. The molecule has 0 aliphatic carbocycles. The van der Waals surface area contributed by atoms with E-state index in [0.717, 1.165) is 4.40 Å². The van der Waals surface area contributed by atoms with Crippen molar-refractivity contribution in [1.82, 2.24) is 0 Å². The number of hydrogen-bond donors (Lipinski definition) is 0. The molecule has 0 N–H and O–H groups in total. The summed E-state index contributed by atoms with van der Waals surface area (Å²) in [5.74, 6) is 1.90. The third-order valence-electron chi connectivity index (χ3n) is 4.33. The standard InChI is InChI=1S/C21H18GeO2/c1-22(19-15-9-4-10-16-19,20(23)17-11-5-2-6-12-17)21(24)18-13-7-3-8-14-18/h2-16H,1H3. The zero-order chi connectivity index (χ0) is 17.0. The molecule has 0 aliphatic heterocycles. The molecular formula is C21H18GeO2. The number of carbonyl (C=O) groups is 2. The maximum atomic E-state index is 13.3. The topological polar surface area (TPSA) is 34.1 Å². The first-order valence-corrected chi connectivity index (χ1v) is 13.1. The predicted octanol–water partition coefficient (Wildman–Crippen LogP) is 3.82. The minimum atomic E-state index is -3.73. The number of carbonyl (C=O) groups excluding carboxylic acids is 2. The second kappa shape index (κ2) is 6.97. The van der Waals surface area contributed by atoms with E-state index in [1.165, 1.54) is 0 Å². The molecule has 0 atom stereocenters. The van der Waals surface area contributed by atoms with E-state index in [4.69, 9.17) is 0 Å². The van der Waals surface area contributed by atoms with E-state index < -0.39 is 13.3 Å².